The molecule has 0 spiro atoms. The van der Waals surface area contributed by atoms with Gasteiger partial charge in [0.05, 0.1) is 0 Å². The first-order chi connectivity index (χ1) is 9.87. The van der Waals surface area contributed by atoms with Crippen molar-refractivity contribution in [3.8, 4) is 0 Å². The van der Waals surface area contributed by atoms with Gasteiger partial charge in [0.2, 0.25) is 0 Å². The standard InChI is InChI=1S/C15H21F3O3S/c1-6-9-14(5)12(10(2)3)8-7-11(4)13(14)21-22(19,20)15(16,17)18/h6,12H,1-2,7-9H2,3-5H3/t12-,14-/m1/s1. The monoisotopic (exact) mass is 338 g/mol. The molecule has 0 saturated heterocycles. The molecule has 0 unspecified atom stereocenters. The van der Waals surface area contributed by atoms with Gasteiger partial charge < -0.3 is 4.18 Å². The normalized spacial score (nSPS) is 26.7. The number of rotatable bonds is 5. The van der Waals surface area contributed by atoms with E-state index in [0.29, 0.717) is 24.8 Å². The van der Waals surface area contributed by atoms with Crippen molar-refractivity contribution in [1.82, 2.24) is 0 Å². The first-order valence-corrected chi connectivity index (χ1v) is 8.25. The third kappa shape index (κ3) is 3.39. The van der Waals surface area contributed by atoms with Gasteiger partial charge in [0.1, 0.15) is 5.76 Å². The molecule has 0 N–H and O–H groups in total. The van der Waals surface area contributed by atoms with Crippen molar-refractivity contribution in [1.29, 1.82) is 0 Å². The van der Waals surface area contributed by atoms with Crippen molar-refractivity contribution in [3.63, 3.8) is 0 Å². The average Bonchev–Trinajstić information content (AvgIpc) is 2.33. The van der Waals surface area contributed by atoms with Gasteiger partial charge >= 0.3 is 15.6 Å². The fraction of sp³-hybridized carbons (Fsp3) is 0.600. The smallest absolute Gasteiger partial charge is 0.380 e. The second kappa shape index (κ2) is 6.10. The van der Waals surface area contributed by atoms with Crippen LogP contribution in [-0.4, -0.2) is 13.9 Å². The molecule has 0 bridgehead atoms. The molecule has 126 valence electrons. The quantitative estimate of drug-likeness (QED) is 0.415. The number of alkyl halides is 3. The van der Waals surface area contributed by atoms with Gasteiger partial charge in [-0.2, -0.15) is 21.6 Å². The highest BCUT2D eigenvalue weighted by atomic mass is 32.2. The highest BCUT2D eigenvalue weighted by Crippen LogP contribution is 2.51. The van der Waals surface area contributed by atoms with Crippen molar-refractivity contribution >= 4 is 10.1 Å². The van der Waals surface area contributed by atoms with Crippen LogP contribution in [0.4, 0.5) is 13.2 Å². The highest BCUT2D eigenvalue weighted by Gasteiger charge is 2.52. The summed E-state index contributed by atoms with van der Waals surface area (Å²) in [4.78, 5) is 0. The first kappa shape index (κ1) is 18.8. The summed E-state index contributed by atoms with van der Waals surface area (Å²) in [5.74, 6) is -0.309. The second-order valence-electron chi connectivity index (χ2n) is 5.94. The lowest BCUT2D eigenvalue weighted by atomic mass is 9.64. The minimum Gasteiger partial charge on any atom is -0.380 e. The van der Waals surface area contributed by atoms with E-state index in [2.05, 4.69) is 17.3 Å². The molecule has 7 heteroatoms. The Hall–Kier alpha value is -1.24. The van der Waals surface area contributed by atoms with Crippen molar-refractivity contribution in [2.45, 2.75) is 45.5 Å². The van der Waals surface area contributed by atoms with Gasteiger partial charge in [-0.1, -0.05) is 25.2 Å². The lowest BCUT2D eigenvalue weighted by Gasteiger charge is -2.43. The molecule has 22 heavy (non-hydrogen) atoms. The zero-order chi connectivity index (χ0) is 17.3. The zero-order valence-corrected chi connectivity index (χ0v) is 13.8. The van der Waals surface area contributed by atoms with E-state index in [1.165, 1.54) is 0 Å². The molecule has 3 nitrogen and oxygen atoms in total. The highest BCUT2D eigenvalue weighted by molar-refractivity contribution is 7.87. The molecule has 0 radical (unpaired) electrons. The van der Waals surface area contributed by atoms with E-state index < -0.39 is 21.0 Å². The summed E-state index contributed by atoms with van der Waals surface area (Å²) in [6, 6.07) is 0. The van der Waals surface area contributed by atoms with E-state index in [9.17, 15) is 21.6 Å². The van der Waals surface area contributed by atoms with Crippen LogP contribution in [0.1, 0.15) is 40.0 Å². The molecule has 0 amide bonds. The van der Waals surface area contributed by atoms with E-state index >= 15 is 0 Å². The summed E-state index contributed by atoms with van der Waals surface area (Å²) in [6.45, 7) is 12.6. The van der Waals surface area contributed by atoms with E-state index in [1.807, 2.05) is 0 Å². The minimum atomic E-state index is -5.69. The average molecular weight is 338 g/mol. The summed E-state index contributed by atoms with van der Waals surface area (Å²) in [6.07, 6.45) is 3.00. The molecule has 0 aliphatic heterocycles. The van der Waals surface area contributed by atoms with E-state index in [1.54, 1.807) is 26.8 Å². The largest absolute Gasteiger partial charge is 0.534 e. The zero-order valence-electron chi connectivity index (χ0n) is 13.0. The Morgan fingerprint density at radius 1 is 1.50 bits per heavy atom. The third-order valence-corrected chi connectivity index (χ3v) is 5.08. The molecule has 1 rings (SSSR count). The topological polar surface area (TPSA) is 43.4 Å². The molecule has 0 aromatic carbocycles. The molecule has 1 aliphatic carbocycles. The number of allylic oxidation sites excluding steroid dienone is 4. The molecular weight excluding hydrogens is 317 g/mol. The fourth-order valence-electron chi connectivity index (χ4n) is 3.09. The number of hydrogen-bond donors (Lipinski definition) is 0. The van der Waals surface area contributed by atoms with Crippen LogP contribution in [-0.2, 0) is 14.3 Å². The maximum absolute atomic E-state index is 12.6. The molecule has 0 aromatic heterocycles. The van der Waals surface area contributed by atoms with Crippen LogP contribution in [0.3, 0.4) is 0 Å². The fourth-order valence-corrected chi connectivity index (χ4v) is 3.73. The Labute approximate surface area is 129 Å². The van der Waals surface area contributed by atoms with Gasteiger partial charge in [0.15, 0.2) is 0 Å². The summed E-state index contributed by atoms with van der Waals surface area (Å²) < 4.78 is 65.3. The van der Waals surface area contributed by atoms with Gasteiger partial charge in [-0.3, -0.25) is 0 Å². The second-order valence-corrected chi connectivity index (χ2v) is 7.48. The molecule has 0 saturated carbocycles. The lowest BCUT2D eigenvalue weighted by molar-refractivity contribution is -0.0539. The maximum Gasteiger partial charge on any atom is 0.534 e. The van der Waals surface area contributed by atoms with Crippen molar-refractivity contribution in [3.05, 3.63) is 36.1 Å². The van der Waals surface area contributed by atoms with E-state index in [-0.39, 0.29) is 11.7 Å². The van der Waals surface area contributed by atoms with Crippen molar-refractivity contribution in [2.75, 3.05) is 0 Å². The van der Waals surface area contributed by atoms with Gasteiger partial charge in [-0.05, 0) is 44.6 Å². The summed E-state index contributed by atoms with van der Waals surface area (Å²) in [7, 11) is -5.69. The number of halogens is 3. The lowest BCUT2D eigenvalue weighted by Crippen LogP contribution is -2.38. The van der Waals surface area contributed by atoms with Crippen LogP contribution >= 0.6 is 0 Å². The Morgan fingerprint density at radius 2 is 2.05 bits per heavy atom. The van der Waals surface area contributed by atoms with Crippen LogP contribution in [0.15, 0.2) is 36.1 Å². The Kier molecular flexibility index (Phi) is 5.22. The Morgan fingerprint density at radius 3 is 2.45 bits per heavy atom. The van der Waals surface area contributed by atoms with Gasteiger partial charge in [-0.15, -0.1) is 6.58 Å². The van der Waals surface area contributed by atoms with Gasteiger partial charge in [-0.25, -0.2) is 0 Å². The minimum absolute atomic E-state index is 0.135. The molecule has 0 aromatic rings. The van der Waals surface area contributed by atoms with Crippen molar-refractivity contribution < 1.29 is 25.8 Å². The molecule has 1 aliphatic rings. The van der Waals surface area contributed by atoms with Crippen LogP contribution < -0.4 is 0 Å². The van der Waals surface area contributed by atoms with Crippen molar-refractivity contribution in [2.24, 2.45) is 11.3 Å². The van der Waals surface area contributed by atoms with Crippen LogP contribution in [0.5, 0.6) is 0 Å². The summed E-state index contributed by atoms with van der Waals surface area (Å²) in [5.41, 5.74) is -5.07. The predicted octanol–water partition coefficient (Wildman–Crippen LogP) is 4.70. The summed E-state index contributed by atoms with van der Waals surface area (Å²) in [5, 5.41) is 0. The molecule has 0 fully saturated rings. The Balaban J connectivity index is 3.40. The molecule has 2 atom stereocenters. The SMILES string of the molecule is C=CC[C@@]1(C)C(OS(=O)(=O)C(F)(F)F)=C(C)CC[C@@H]1C(=C)C. The Bertz CT molecular complexity index is 602. The van der Waals surface area contributed by atoms with Gasteiger partial charge in [0.25, 0.3) is 0 Å². The first-order valence-electron chi connectivity index (χ1n) is 6.84. The maximum atomic E-state index is 12.6. The number of hydrogen-bond acceptors (Lipinski definition) is 3. The third-order valence-electron chi connectivity index (χ3n) is 4.12. The summed E-state index contributed by atoms with van der Waals surface area (Å²) >= 11 is 0. The van der Waals surface area contributed by atoms with Gasteiger partial charge in [0, 0.05) is 5.41 Å². The van der Waals surface area contributed by atoms with E-state index in [0.717, 1.165) is 5.57 Å². The van der Waals surface area contributed by atoms with Crippen LogP contribution in [0, 0.1) is 11.3 Å². The van der Waals surface area contributed by atoms with E-state index in [4.69, 9.17) is 0 Å². The predicted molar refractivity (Wildman–Crippen MR) is 79.2 cm³/mol. The molecule has 0 heterocycles. The van der Waals surface area contributed by atoms with Crippen LogP contribution in [0.2, 0.25) is 0 Å². The van der Waals surface area contributed by atoms with Crippen LogP contribution in [0.25, 0.3) is 0 Å². The molecular formula is C15H21F3O3S.